The van der Waals surface area contributed by atoms with E-state index in [0.29, 0.717) is 0 Å². The van der Waals surface area contributed by atoms with Gasteiger partial charge in [-0.2, -0.15) is 0 Å². The van der Waals surface area contributed by atoms with E-state index in [1.807, 2.05) is 0 Å². The summed E-state index contributed by atoms with van der Waals surface area (Å²) in [6.07, 6.45) is 0. The number of benzene rings is 2. The minimum Gasteiger partial charge on any atom is -0.488 e. The van der Waals surface area contributed by atoms with Crippen molar-refractivity contribution >= 4 is 35.3 Å². The molecule has 0 spiro atoms. The van der Waals surface area contributed by atoms with Crippen LogP contribution < -0.4 is 138 Å². The van der Waals surface area contributed by atoms with Crippen LogP contribution in [0.15, 0.2) is 48.5 Å². The van der Waals surface area contributed by atoms with Crippen molar-refractivity contribution in [2.75, 3.05) is 49.2 Å². The number of nitrogens with zero attached hydrogens (tertiary/aromatic N) is 2. The average Bonchev–Trinajstić information content (AvgIpc) is 2.75. The maximum absolute atomic E-state index is 11.1. The van der Waals surface area contributed by atoms with E-state index < -0.39 is 50.1 Å². The standard InChI is InChI=1S/C22H24N2O10.4Na/c25-19(26)11-23(12-20(27)28)15-5-1-3-7-17(15)33-9-10-34-18-8-4-2-6-16(18)24(13-21(29)30)14-22(31)32;;;;/h1-8H,9-14H2,(H,25,26)(H,27,28)(H,29,30)(H,31,32);;;;/q;4*+1. The molecule has 0 fully saturated rings. The van der Waals surface area contributed by atoms with Crippen molar-refractivity contribution in [1.82, 2.24) is 0 Å². The maximum Gasteiger partial charge on any atom is 1.00 e. The second-order valence-corrected chi connectivity index (χ2v) is 6.92. The third kappa shape index (κ3) is 15.3. The first-order valence-electron chi connectivity index (χ1n) is 9.98. The van der Waals surface area contributed by atoms with Gasteiger partial charge in [0.1, 0.15) is 50.9 Å². The van der Waals surface area contributed by atoms with E-state index in [0.717, 1.165) is 9.80 Å². The Morgan fingerprint density at radius 1 is 0.526 bits per heavy atom. The van der Waals surface area contributed by atoms with Crippen LogP contribution in [0.5, 0.6) is 11.5 Å². The number of carboxylic acid groups (broad SMARTS) is 4. The van der Waals surface area contributed by atoms with Crippen molar-refractivity contribution in [3.05, 3.63) is 48.5 Å². The topological polar surface area (TPSA) is 174 Å². The van der Waals surface area contributed by atoms with Gasteiger partial charge in [-0.1, -0.05) is 24.3 Å². The number of ether oxygens (including phenoxy) is 2. The fraction of sp³-hybridized carbons (Fsp3) is 0.273. The summed E-state index contributed by atoms with van der Waals surface area (Å²) in [6.45, 7) is -2.20. The monoisotopic (exact) mass is 568 g/mol. The number of para-hydroxylation sites is 4. The van der Waals surface area contributed by atoms with Crippen LogP contribution in [-0.4, -0.2) is 83.7 Å². The molecule has 12 nitrogen and oxygen atoms in total. The van der Waals surface area contributed by atoms with E-state index in [1.54, 1.807) is 36.4 Å². The van der Waals surface area contributed by atoms with E-state index in [2.05, 4.69) is 0 Å². The number of hydrogen-bond donors (Lipinski definition) is 4. The zero-order chi connectivity index (χ0) is 25.1. The summed E-state index contributed by atoms with van der Waals surface area (Å²) in [4.78, 5) is 46.9. The molecule has 0 radical (unpaired) electrons. The van der Waals surface area contributed by atoms with Gasteiger partial charge in [0.2, 0.25) is 0 Å². The van der Waals surface area contributed by atoms with Crippen LogP contribution in [0.3, 0.4) is 0 Å². The van der Waals surface area contributed by atoms with Crippen LogP contribution in [-0.2, 0) is 19.2 Å². The van der Waals surface area contributed by atoms with Gasteiger partial charge in [0, 0.05) is 0 Å². The number of carbonyl (C=O) groups is 4. The summed E-state index contributed by atoms with van der Waals surface area (Å²) in [5, 5.41) is 36.4. The maximum atomic E-state index is 11.1. The molecule has 0 bridgehead atoms. The van der Waals surface area contributed by atoms with E-state index in [9.17, 15) is 19.2 Å². The van der Waals surface area contributed by atoms with Crippen molar-refractivity contribution in [2.45, 2.75) is 0 Å². The van der Waals surface area contributed by atoms with Crippen LogP contribution in [0, 0.1) is 0 Å². The first-order valence-corrected chi connectivity index (χ1v) is 9.98. The molecule has 2 rings (SSSR count). The van der Waals surface area contributed by atoms with E-state index >= 15 is 0 Å². The Morgan fingerprint density at radius 3 is 1.05 bits per heavy atom. The molecule has 0 saturated carbocycles. The Kier molecular flexibility index (Phi) is 24.6. The number of hydrogen-bond acceptors (Lipinski definition) is 8. The molecular formula is C22H24N2Na4O10+4. The zero-order valence-corrected chi connectivity index (χ0v) is 30.0. The third-order valence-corrected chi connectivity index (χ3v) is 4.31. The van der Waals surface area contributed by atoms with Gasteiger partial charge in [0.25, 0.3) is 0 Å². The van der Waals surface area contributed by atoms with Crippen molar-refractivity contribution in [2.24, 2.45) is 0 Å². The Morgan fingerprint density at radius 2 is 0.789 bits per heavy atom. The van der Waals surface area contributed by atoms with Gasteiger partial charge in [-0.25, -0.2) is 0 Å². The Hall–Kier alpha value is -0.480. The summed E-state index contributed by atoms with van der Waals surface area (Å²) in [5.41, 5.74) is 0.559. The second kappa shape index (κ2) is 22.2. The molecule has 0 saturated heterocycles. The third-order valence-electron chi connectivity index (χ3n) is 4.31. The summed E-state index contributed by atoms with van der Waals surface area (Å²) < 4.78 is 11.4. The molecule has 0 heterocycles. The summed E-state index contributed by atoms with van der Waals surface area (Å²) >= 11 is 0. The van der Waals surface area contributed by atoms with Crippen LogP contribution in [0.25, 0.3) is 0 Å². The van der Waals surface area contributed by atoms with Gasteiger partial charge < -0.3 is 39.7 Å². The van der Waals surface area contributed by atoms with Gasteiger partial charge in [-0.3, -0.25) is 19.2 Å². The molecule has 4 N–H and O–H groups in total. The molecule has 16 heteroatoms. The Balaban J connectivity index is -0.00000306. The Bertz CT molecular complexity index is 931. The predicted octanol–water partition coefficient (Wildman–Crippen LogP) is -10.9. The normalized spacial score (nSPS) is 9.16. The average molecular weight is 568 g/mol. The first kappa shape index (κ1) is 42.0. The predicted molar refractivity (Wildman–Crippen MR) is 119 cm³/mol. The van der Waals surface area contributed by atoms with Gasteiger partial charge in [0.15, 0.2) is 0 Å². The van der Waals surface area contributed by atoms with E-state index in [-0.39, 0.29) is 154 Å². The summed E-state index contributed by atoms with van der Waals surface area (Å²) in [6, 6.07) is 12.7. The molecule has 2 aromatic carbocycles. The van der Waals surface area contributed by atoms with Crippen molar-refractivity contribution in [1.29, 1.82) is 0 Å². The van der Waals surface area contributed by atoms with Crippen LogP contribution in [0.1, 0.15) is 0 Å². The molecule has 182 valence electrons. The molecule has 0 aromatic heterocycles. The van der Waals surface area contributed by atoms with Crippen LogP contribution >= 0.6 is 0 Å². The van der Waals surface area contributed by atoms with Gasteiger partial charge in [0.05, 0.1) is 11.4 Å². The molecule has 0 amide bonds. The first-order chi connectivity index (χ1) is 16.2. The largest absolute Gasteiger partial charge is 1.00 e. The summed E-state index contributed by atoms with van der Waals surface area (Å²) in [5.74, 6) is -4.32. The quantitative estimate of drug-likeness (QED) is 0.118. The molecule has 0 aliphatic rings. The van der Waals surface area contributed by atoms with Gasteiger partial charge >= 0.3 is 142 Å². The smallest absolute Gasteiger partial charge is 0.488 e. The second-order valence-electron chi connectivity index (χ2n) is 6.92. The molecule has 0 aliphatic heterocycles. The van der Waals surface area contributed by atoms with Gasteiger partial charge in [-0.15, -0.1) is 0 Å². The van der Waals surface area contributed by atoms with E-state index in [1.165, 1.54) is 12.1 Å². The van der Waals surface area contributed by atoms with Crippen molar-refractivity contribution < 1.29 is 167 Å². The molecule has 0 atom stereocenters. The number of carboxylic acids is 4. The molecule has 0 aliphatic carbocycles. The Labute approximate surface area is 307 Å². The minimum atomic E-state index is -1.21. The number of rotatable bonds is 15. The van der Waals surface area contributed by atoms with Crippen LogP contribution in [0.4, 0.5) is 11.4 Å². The minimum absolute atomic E-state index is 0. The van der Waals surface area contributed by atoms with E-state index in [4.69, 9.17) is 29.9 Å². The number of anilines is 2. The van der Waals surface area contributed by atoms with Gasteiger partial charge in [-0.05, 0) is 24.3 Å². The summed E-state index contributed by atoms with van der Waals surface area (Å²) in [7, 11) is 0. The van der Waals surface area contributed by atoms with Crippen molar-refractivity contribution in [3.8, 4) is 11.5 Å². The fourth-order valence-corrected chi connectivity index (χ4v) is 3.09. The van der Waals surface area contributed by atoms with Crippen LogP contribution in [0.2, 0.25) is 0 Å². The fourth-order valence-electron chi connectivity index (χ4n) is 3.09. The molecule has 0 unspecified atom stereocenters. The molecular weight excluding hydrogens is 544 g/mol. The number of aliphatic carboxylic acids is 4. The van der Waals surface area contributed by atoms with Crippen molar-refractivity contribution in [3.63, 3.8) is 0 Å². The zero-order valence-electron chi connectivity index (χ0n) is 22.0. The SMILES string of the molecule is O=C(O)CN(CC(=O)O)c1ccccc1OCCOc1ccccc1N(CC(=O)O)CC(=O)O.[Na+].[Na+].[Na+].[Na+]. The molecule has 38 heavy (non-hydrogen) atoms. The molecule has 2 aromatic rings.